The Labute approximate surface area is 171 Å². The van der Waals surface area contributed by atoms with Gasteiger partial charge in [0.05, 0.1) is 11.4 Å². The fraction of sp³-hybridized carbons (Fsp3) is 0.304. The quantitative estimate of drug-likeness (QED) is 0.712. The van der Waals surface area contributed by atoms with Crippen LogP contribution >= 0.6 is 0 Å². The highest BCUT2D eigenvalue weighted by Gasteiger charge is 2.24. The van der Waals surface area contributed by atoms with Gasteiger partial charge in [0.25, 0.3) is 5.91 Å². The molecule has 0 aliphatic carbocycles. The molecule has 1 aromatic heterocycles. The Morgan fingerprint density at radius 1 is 1.03 bits per heavy atom. The van der Waals surface area contributed by atoms with Gasteiger partial charge in [0.1, 0.15) is 17.0 Å². The lowest BCUT2D eigenvalue weighted by molar-refractivity contribution is 0.102. The number of nitrogens with one attached hydrogen (secondary N) is 1. The van der Waals surface area contributed by atoms with Crippen LogP contribution in [0, 0.1) is 6.92 Å². The molecule has 1 fully saturated rings. The summed E-state index contributed by atoms with van der Waals surface area (Å²) in [6.45, 7) is 8.98. The van der Waals surface area contributed by atoms with Crippen molar-refractivity contribution in [3.8, 4) is 11.3 Å². The van der Waals surface area contributed by atoms with Gasteiger partial charge in [0, 0.05) is 31.7 Å². The van der Waals surface area contributed by atoms with E-state index >= 15 is 0 Å². The molecule has 2 aromatic carbocycles. The predicted molar refractivity (Wildman–Crippen MR) is 115 cm³/mol. The number of amides is 1. The number of para-hydroxylation sites is 2. The van der Waals surface area contributed by atoms with Gasteiger partial charge in [-0.3, -0.25) is 4.79 Å². The molecule has 1 aliphatic rings. The van der Waals surface area contributed by atoms with Crippen molar-refractivity contribution in [1.82, 2.24) is 10.1 Å². The molecule has 1 amide bonds. The SMILES string of the molecule is CCN1CCN(c2ccccc2NC(=O)c2c(-c3ccccc3)noc2C)CC1. The highest BCUT2D eigenvalue weighted by molar-refractivity contribution is 6.10. The van der Waals surface area contributed by atoms with Crippen LogP contribution in [0.25, 0.3) is 11.3 Å². The molecule has 3 aromatic rings. The molecule has 0 radical (unpaired) electrons. The molecule has 2 heterocycles. The molecular weight excluding hydrogens is 364 g/mol. The maximum Gasteiger partial charge on any atom is 0.261 e. The summed E-state index contributed by atoms with van der Waals surface area (Å²) in [5, 5.41) is 7.22. The summed E-state index contributed by atoms with van der Waals surface area (Å²) < 4.78 is 5.35. The van der Waals surface area contributed by atoms with Crippen LogP contribution < -0.4 is 10.2 Å². The van der Waals surface area contributed by atoms with Crippen molar-refractivity contribution in [3.63, 3.8) is 0 Å². The van der Waals surface area contributed by atoms with Crippen LogP contribution in [0.1, 0.15) is 23.0 Å². The van der Waals surface area contributed by atoms with Gasteiger partial charge in [-0.05, 0) is 25.6 Å². The zero-order valence-electron chi connectivity index (χ0n) is 16.9. The summed E-state index contributed by atoms with van der Waals surface area (Å²) in [5.74, 6) is 0.303. The monoisotopic (exact) mass is 390 g/mol. The second-order valence-electron chi connectivity index (χ2n) is 7.22. The minimum Gasteiger partial charge on any atom is -0.367 e. The Hall–Kier alpha value is -3.12. The van der Waals surface area contributed by atoms with Crippen molar-refractivity contribution in [2.75, 3.05) is 42.9 Å². The average molecular weight is 390 g/mol. The van der Waals surface area contributed by atoms with E-state index in [0.29, 0.717) is 17.0 Å². The summed E-state index contributed by atoms with van der Waals surface area (Å²) in [7, 11) is 0. The second kappa shape index (κ2) is 8.49. The number of rotatable bonds is 5. The van der Waals surface area contributed by atoms with Crippen molar-refractivity contribution in [2.45, 2.75) is 13.8 Å². The maximum absolute atomic E-state index is 13.2. The maximum atomic E-state index is 13.2. The van der Waals surface area contributed by atoms with E-state index in [-0.39, 0.29) is 5.91 Å². The molecule has 29 heavy (non-hydrogen) atoms. The van der Waals surface area contributed by atoms with Crippen LogP contribution in [-0.2, 0) is 0 Å². The largest absolute Gasteiger partial charge is 0.367 e. The van der Waals surface area contributed by atoms with Crippen molar-refractivity contribution in [1.29, 1.82) is 0 Å². The van der Waals surface area contributed by atoms with Crippen LogP contribution in [0.4, 0.5) is 11.4 Å². The minimum atomic E-state index is -0.206. The number of carbonyl (C=O) groups excluding carboxylic acids is 1. The number of aromatic nitrogens is 1. The van der Waals surface area contributed by atoms with E-state index in [2.05, 4.69) is 33.3 Å². The normalized spacial score (nSPS) is 14.8. The van der Waals surface area contributed by atoms with E-state index < -0.39 is 0 Å². The summed E-state index contributed by atoms with van der Waals surface area (Å²) in [6, 6.07) is 17.6. The molecule has 1 aliphatic heterocycles. The van der Waals surface area contributed by atoms with Crippen LogP contribution in [0.3, 0.4) is 0 Å². The van der Waals surface area contributed by atoms with Gasteiger partial charge in [-0.25, -0.2) is 0 Å². The van der Waals surface area contributed by atoms with Gasteiger partial charge >= 0.3 is 0 Å². The third kappa shape index (κ3) is 4.03. The molecule has 0 saturated carbocycles. The Kier molecular flexibility index (Phi) is 5.62. The molecular formula is C23H26N4O2. The first-order valence-electron chi connectivity index (χ1n) is 10.1. The highest BCUT2D eigenvalue weighted by Crippen LogP contribution is 2.30. The number of likely N-dealkylation sites (N-methyl/N-ethyl adjacent to an activating group) is 1. The summed E-state index contributed by atoms with van der Waals surface area (Å²) in [4.78, 5) is 18.0. The van der Waals surface area contributed by atoms with E-state index in [1.807, 2.05) is 48.5 Å². The minimum absolute atomic E-state index is 0.206. The van der Waals surface area contributed by atoms with Crippen molar-refractivity contribution in [2.24, 2.45) is 0 Å². The average Bonchev–Trinajstić information content (AvgIpc) is 3.16. The summed E-state index contributed by atoms with van der Waals surface area (Å²) in [6.07, 6.45) is 0. The molecule has 1 N–H and O–H groups in total. The number of nitrogens with zero attached hydrogens (tertiary/aromatic N) is 3. The summed E-state index contributed by atoms with van der Waals surface area (Å²) in [5.41, 5.74) is 3.75. The van der Waals surface area contributed by atoms with E-state index in [1.165, 1.54) is 0 Å². The Morgan fingerprint density at radius 3 is 2.45 bits per heavy atom. The number of hydrogen-bond donors (Lipinski definition) is 1. The van der Waals surface area contributed by atoms with Crippen molar-refractivity contribution < 1.29 is 9.32 Å². The van der Waals surface area contributed by atoms with Gasteiger partial charge in [0.2, 0.25) is 0 Å². The molecule has 6 heteroatoms. The topological polar surface area (TPSA) is 61.6 Å². The van der Waals surface area contributed by atoms with Gasteiger partial charge in [-0.1, -0.05) is 54.5 Å². The third-order valence-corrected chi connectivity index (χ3v) is 5.45. The molecule has 0 atom stereocenters. The molecule has 4 rings (SSSR count). The van der Waals surface area contributed by atoms with E-state index in [1.54, 1.807) is 6.92 Å². The number of piperazine rings is 1. The Balaban J connectivity index is 1.59. The molecule has 0 bridgehead atoms. The van der Waals surface area contributed by atoms with Crippen LogP contribution in [-0.4, -0.2) is 48.7 Å². The number of aryl methyl sites for hydroxylation is 1. The van der Waals surface area contributed by atoms with Gasteiger partial charge in [0.15, 0.2) is 0 Å². The predicted octanol–water partition coefficient (Wildman–Crippen LogP) is 4.04. The lowest BCUT2D eigenvalue weighted by Crippen LogP contribution is -2.46. The van der Waals surface area contributed by atoms with E-state index in [0.717, 1.165) is 49.7 Å². The highest BCUT2D eigenvalue weighted by atomic mass is 16.5. The van der Waals surface area contributed by atoms with Gasteiger partial charge in [-0.2, -0.15) is 0 Å². The third-order valence-electron chi connectivity index (χ3n) is 5.45. The van der Waals surface area contributed by atoms with Crippen LogP contribution in [0.2, 0.25) is 0 Å². The zero-order chi connectivity index (χ0) is 20.2. The van der Waals surface area contributed by atoms with E-state index in [4.69, 9.17) is 4.52 Å². The molecule has 6 nitrogen and oxygen atoms in total. The molecule has 0 unspecified atom stereocenters. The Morgan fingerprint density at radius 2 is 1.72 bits per heavy atom. The lowest BCUT2D eigenvalue weighted by Gasteiger charge is -2.36. The van der Waals surface area contributed by atoms with E-state index in [9.17, 15) is 4.79 Å². The second-order valence-corrected chi connectivity index (χ2v) is 7.22. The number of hydrogen-bond acceptors (Lipinski definition) is 5. The lowest BCUT2D eigenvalue weighted by atomic mass is 10.1. The molecule has 1 saturated heterocycles. The zero-order valence-corrected chi connectivity index (χ0v) is 16.9. The van der Waals surface area contributed by atoms with Crippen molar-refractivity contribution in [3.05, 3.63) is 65.9 Å². The first-order chi connectivity index (χ1) is 14.2. The smallest absolute Gasteiger partial charge is 0.261 e. The standard InChI is InChI=1S/C23H26N4O2/c1-3-26-13-15-27(16-14-26)20-12-8-7-11-19(20)24-23(28)21-17(2)29-25-22(21)18-9-5-4-6-10-18/h4-12H,3,13-16H2,1-2H3,(H,24,28). The first-order valence-corrected chi connectivity index (χ1v) is 10.1. The summed E-state index contributed by atoms with van der Waals surface area (Å²) >= 11 is 0. The molecule has 0 spiro atoms. The van der Waals surface area contributed by atoms with Gasteiger partial charge < -0.3 is 19.6 Å². The molecule has 150 valence electrons. The van der Waals surface area contributed by atoms with Crippen LogP contribution in [0.5, 0.6) is 0 Å². The fourth-order valence-electron chi connectivity index (χ4n) is 3.78. The first kappa shape index (κ1) is 19.2. The Bertz CT molecular complexity index is 976. The number of carbonyl (C=O) groups is 1. The fourth-order valence-corrected chi connectivity index (χ4v) is 3.78. The number of benzene rings is 2. The van der Waals surface area contributed by atoms with Crippen molar-refractivity contribution >= 4 is 17.3 Å². The number of anilines is 2. The van der Waals surface area contributed by atoms with Gasteiger partial charge in [-0.15, -0.1) is 0 Å². The van der Waals surface area contributed by atoms with Crippen LogP contribution in [0.15, 0.2) is 59.1 Å².